The van der Waals surface area contributed by atoms with Crippen LogP contribution in [0.4, 0.5) is 5.69 Å². The molecule has 2 bridgehead atoms. The van der Waals surface area contributed by atoms with Crippen LogP contribution in [0.1, 0.15) is 66.5 Å². The van der Waals surface area contributed by atoms with Gasteiger partial charge in [-0.3, -0.25) is 23.8 Å². The van der Waals surface area contributed by atoms with Gasteiger partial charge in [-0.2, -0.15) is 10.2 Å². The standard InChI is InChI=1S/C34H36N8O4/c1-6-46-34(45)25-18-42(39-22(25)4)29-11-10-20(2)14-24(29)26-16-31(43)41(19-36-26)30-9-7-8-21(3)33(44)38-28-17-37-40(5)32(28)23-12-13-35-27(30)15-23/h10-19,21,30H,6-9H2,1-5H3,(H,38,44)/t21-,30+/m1/s1. The van der Waals surface area contributed by atoms with Crippen molar-refractivity contribution in [3.63, 3.8) is 0 Å². The second-order valence-corrected chi connectivity index (χ2v) is 11.7. The van der Waals surface area contributed by atoms with E-state index >= 15 is 0 Å². The van der Waals surface area contributed by atoms with E-state index in [1.807, 2.05) is 51.2 Å². The normalized spacial score (nSPS) is 16.6. The molecule has 0 radical (unpaired) electrons. The molecule has 4 aromatic heterocycles. The summed E-state index contributed by atoms with van der Waals surface area (Å²) < 4.78 is 10.1. The molecule has 1 aliphatic rings. The number of anilines is 1. The Bertz CT molecular complexity index is 2010. The zero-order chi connectivity index (χ0) is 32.5. The number of nitrogens with zero attached hydrogens (tertiary/aromatic N) is 7. The number of hydrogen-bond donors (Lipinski definition) is 1. The molecule has 236 valence electrons. The zero-order valence-electron chi connectivity index (χ0n) is 26.5. The maximum Gasteiger partial charge on any atom is 0.341 e. The van der Waals surface area contributed by atoms with E-state index in [2.05, 4.69) is 20.5 Å². The first-order valence-electron chi connectivity index (χ1n) is 15.4. The molecule has 2 atom stereocenters. The molecule has 0 unspecified atom stereocenters. The maximum atomic E-state index is 13.9. The zero-order valence-corrected chi connectivity index (χ0v) is 26.5. The lowest BCUT2D eigenvalue weighted by Gasteiger charge is -2.22. The van der Waals surface area contributed by atoms with E-state index in [0.29, 0.717) is 53.2 Å². The van der Waals surface area contributed by atoms with Crippen LogP contribution in [0.25, 0.3) is 28.2 Å². The molecule has 1 amide bonds. The maximum absolute atomic E-state index is 13.9. The van der Waals surface area contributed by atoms with E-state index in [0.717, 1.165) is 22.5 Å². The number of carbonyl (C=O) groups excluding carboxylic acids is 2. The smallest absolute Gasteiger partial charge is 0.341 e. The molecule has 0 aliphatic carbocycles. The molecule has 0 saturated heterocycles. The van der Waals surface area contributed by atoms with Gasteiger partial charge in [0, 0.05) is 42.6 Å². The van der Waals surface area contributed by atoms with Crippen molar-refractivity contribution < 1.29 is 14.3 Å². The minimum absolute atomic E-state index is 0.0699. The molecule has 1 aliphatic heterocycles. The van der Waals surface area contributed by atoms with Crippen LogP contribution in [0, 0.1) is 19.8 Å². The van der Waals surface area contributed by atoms with E-state index in [-0.39, 0.29) is 24.0 Å². The Morgan fingerprint density at radius 2 is 1.91 bits per heavy atom. The van der Waals surface area contributed by atoms with Crippen LogP contribution in [-0.2, 0) is 16.6 Å². The molecule has 5 heterocycles. The highest BCUT2D eigenvalue weighted by atomic mass is 16.5. The Morgan fingerprint density at radius 3 is 2.70 bits per heavy atom. The van der Waals surface area contributed by atoms with E-state index in [9.17, 15) is 14.4 Å². The van der Waals surface area contributed by atoms with Crippen molar-refractivity contribution >= 4 is 17.6 Å². The molecule has 1 aromatic carbocycles. The first kappa shape index (κ1) is 30.6. The number of aromatic nitrogens is 7. The molecular weight excluding hydrogens is 584 g/mol. The number of benzene rings is 1. The van der Waals surface area contributed by atoms with Crippen LogP contribution in [0.15, 0.2) is 66.1 Å². The number of pyridine rings is 1. The fraction of sp³-hybridized carbons (Fsp3) is 0.324. The van der Waals surface area contributed by atoms with E-state index in [4.69, 9.17) is 9.72 Å². The Balaban J connectivity index is 1.41. The molecule has 0 spiro atoms. The van der Waals surface area contributed by atoms with Gasteiger partial charge in [-0.1, -0.05) is 25.0 Å². The van der Waals surface area contributed by atoms with Crippen LogP contribution in [0.2, 0.25) is 0 Å². The van der Waals surface area contributed by atoms with Crippen LogP contribution < -0.4 is 10.9 Å². The SMILES string of the molecule is CCOC(=O)c1cn(-c2ccc(C)cc2-c2cc(=O)n([C@H]3CCC[C@@H](C)C(=O)Nc4cnn(C)c4-c4ccnc3c4)cn2)nc1C. The van der Waals surface area contributed by atoms with E-state index in [1.165, 1.54) is 6.07 Å². The lowest BCUT2D eigenvalue weighted by molar-refractivity contribution is -0.119. The monoisotopic (exact) mass is 620 g/mol. The minimum atomic E-state index is -0.440. The third-order valence-electron chi connectivity index (χ3n) is 8.40. The summed E-state index contributed by atoms with van der Waals surface area (Å²) in [4.78, 5) is 48.8. The van der Waals surface area contributed by atoms with Crippen molar-refractivity contribution in [2.75, 3.05) is 11.9 Å². The molecule has 6 rings (SSSR count). The third-order valence-corrected chi connectivity index (χ3v) is 8.40. The van der Waals surface area contributed by atoms with Crippen LogP contribution in [0.3, 0.4) is 0 Å². The van der Waals surface area contributed by atoms with Crippen molar-refractivity contribution in [1.82, 2.24) is 34.1 Å². The van der Waals surface area contributed by atoms with Crippen molar-refractivity contribution in [2.45, 2.75) is 53.0 Å². The summed E-state index contributed by atoms with van der Waals surface area (Å²) >= 11 is 0. The number of amides is 1. The first-order chi connectivity index (χ1) is 22.1. The summed E-state index contributed by atoms with van der Waals surface area (Å²) in [5.74, 6) is -0.740. The van der Waals surface area contributed by atoms with Gasteiger partial charge in [-0.05, 0) is 57.9 Å². The second kappa shape index (κ2) is 12.5. The predicted octanol–water partition coefficient (Wildman–Crippen LogP) is 5.03. The summed E-state index contributed by atoms with van der Waals surface area (Å²) in [5, 5.41) is 12.0. The summed E-state index contributed by atoms with van der Waals surface area (Å²) in [6.45, 7) is 7.64. The minimum Gasteiger partial charge on any atom is -0.462 e. The van der Waals surface area contributed by atoms with Crippen molar-refractivity contribution in [3.05, 3.63) is 94.2 Å². The van der Waals surface area contributed by atoms with Crippen molar-refractivity contribution in [3.8, 4) is 28.2 Å². The van der Waals surface area contributed by atoms with Gasteiger partial charge in [-0.15, -0.1) is 0 Å². The molecule has 5 aromatic rings. The molecule has 46 heavy (non-hydrogen) atoms. The average molecular weight is 621 g/mol. The highest BCUT2D eigenvalue weighted by Crippen LogP contribution is 2.33. The summed E-state index contributed by atoms with van der Waals surface area (Å²) in [6, 6.07) is 10.7. The van der Waals surface area contributed by atoms with Crippen molar-refractivity contribution in [1.29, 1.82) is 0 Å². The lowest BCUT2D eigenvalue weighted by Crippen LogP contribution is -2.27. The van der Waals surface area contributed by atoms with Gasteiger partial charge in [0.15, 0.2) is 0 Å². The van der Waals surface area contributed by atoms with Crippen LogP contribution >= 0.6 is 0 Å². The highest BCUT2D eigenvalue weighted by Gasteiger charge is 2.24. The van der Waals surface area contributed by atoms with Gasteiger partial charge in [0.1, 0.15) is 5.56 Å². The van der Waals surface area contributed by atoms with Gasteiger partial charge >= 0.3 is 5.97 Å². The number of aryl methyl sites for hydroxylation is 3. The molecular formula is C34H36N8O4. The average Bonchev–Trinajstić information content (AvgIpc) is 3.60. The third kappa shape index (κ3) is 5.85. The number of carbonyl (C=O) groups is 2. The Hall–Kier alpha value is -5.39. The van der Waals surface area contributed by atoms with Gasteiger partial charge in [0.05, 0.1) is 59.3 Å². The number of hydrogen-bond acceptors (Lipinski definition) is 8. The van der Waals surface area contributed by atoms with Crippen molar-refractivity contribution in [2.24, 2.45) is 13.0 Å². The van der Waals surface area contributed by atoms with E-state index in [1.54, 1.807) is 52.7 Å². The number of fused-ring (bicyclic) bond motifs is 4. The quantitative estimate of drug-likeness (QED) is 0.270. The summed E-state index contributed by atoms with van der Waals surface area (Å²) in [5.41, 5.74) is 6.44. The molecule has 12 nitrogen and oxygen atoms in total. The fourth-order valence-electron chi connectivity index (χ4n) is 5.92. The largest absolute Gasteiger partial charge is 0.462 e. The van der Waals surface area contributed by atoms with Crippen LogP contribution in [0.5, 0.6) is 0 Å². The highest BCUT2D eigenvalue weighted by molar-refractivity contribution is 5.96. The van der Waals surface area contributed by atoms with Gasteiger partial charge in [0.25, 0.3) is 5.56 Å². The second-order valence-electron chi connectivity index (χ2n) is 11.7. The summed E-state index contributed by atoms with van der Waals surface area (Å²) in [6.07, 6.45) is 8.50. The van der Waals surface area contributed by atoms with Gasteiger partial charge < -0.3 is 10.1 Å². The number of ether oxygens (including phenoxy) is 1. The topological polar surface area (TPSA) is 139 Å². The molecule has 0 saturated carbocycles. The van der Waals surface area contributed by atoms with Gasteiger partial charge in [0.2, 0.25) is 5.91 Å². The lowest BCUT2D eigenvalue weighted by atomic mass is 9.97. The fourth-order valence-corrected chi connectivity index (χ4v) is 5.92. The van der Waals surface area contributed by atoms with E-state index < -0.39 is 12.0 Å². The predicted molar refractivity (Wildman–Crippen MR) is 173 cm³/mol. The Labute approximate surface area is 266 Å². The first-order valence-corrected chi connectivity index (χ1v) is 15.4. The number of esters is 1. The Kier molecular flexibility index (Phi) is 8.35. The van der Waals surface area contributed by atoms with Gasteiger partial charge in [-0.25, -0.2) is 14.5 Å². The molecule has 1 N–H and O–H groups in total. The number of nitrogens with one attached hydrogen (secondary N) is 1. The van der Waals surface area contributed by atoms with Crippen LogP contribution in [-0.4, -0.2) is 52.6 Å². The summed E-state index contributed by atoms with van der Waals surface area (Å²) in [7, 11) is 1.83. The Morgan fingerprint density at radius 1 is 1.09 bits per heavy atom. The molecule has 0 fully saturated rings. The molecule has 12 heteroatoms. The number of rotatable bonds is 5.